The molecular weight excluding hydrogens is 440 g/mol. The number of carbonyl (C=O) groups is 2. The molecule has 0 saturated carbocycles. The van der Waals surface area contributed by atoms with Crippen molar-refractivity contribution in [1.82, 2.24) is 4.98 Å². The number of Topliss-reactive ketones (excluding diaryl/α,β-unsaturated/α-hetero) is 1. The standard InChI is InChI=1S/C25H20N2O7/c1-31-17-5-3-15(11-19(17)32-2)22-21(23(28)14-7-9-26-10-8-14)24(29)25(30)27(22)16-4-6-18-20(12-16)34-13-33-18/h3-12,22,28H,13H2,1-2H3/b23-21+. The average molecular weight is 460 g/mol. The quantitative estimate of drug-likeness (QED) is 0.351. The second-order valence-corrected chi connectivity index (χ2v) is 7.56. The van der Waals surface area contributed by atoms with Crippen molar-refractivity contribution < 1.29 is 33.6 Å². The zero-order chi connectivity index (χ0) is 23.8. The van der Waals surface area contributed by atoms with Crippen LogP contribution in [-0.2, 0) is 9.59 Å². The molecule has 0 aliphatic carbocycles. The molecule has 34 heavy (non-hydrogen) atoms. The first-order valence-electron chi connectivity index (χ1n) is 10.4. The zero-order valence-corrected chi connectivity index (χ0v) is 18.3. The summed E-state index contributed by atoms with van der Waals surface area (Å²) in [5.41, 5.74) is 1.27. The van der Waals surface area contributed by atoms with E-state index in [4.69, 9.17) is 18.9 Å². The fourth-order valence-electron chi connectivity index (χ4n) is 4.14. The molecule has 5 rings (SSSR count). The van der Waals surface area contributed by atoms with Gasteiger partial charge in [-0.15, -0.1) is 0 Å². The van der Waals surface area contributed by atoms with E-state index >= 15 is 0 Å². The summed E-state index contributed by atoms with van der Waals surface area (Å²) in [5, 5.41) is 11.1. The molecular formula is C25H20N2O7. The molecule has 1 unspecified atom stereocenters. The SMILES string of the molecule is COc1ccc(C2/C(=C(\O)c3ccncc3)C(=O)C(=O)N2c2ccc3c(c2)OCO3)cc1OC. The molecule has 2 aliphatic heterocycles. The zero-order valence-electron chi connectivity index (χ0n) is 18.3. The van der Waals surface area contributed by atoms with Gasteiger partial charge in [-0.05, 0) is 42.0 Å². The number of amides is 1. The van der Waals surface area contributed by atoms with Crippen LogP contribution in [0.1, 0.15) is 17.2 Å². The van der Waals surface area contributed by atoms with Gasteiger partial charge in [-0.1, -0.05) is 6.07 Å². The number of ether oxygens (including phenoxy) is 4. The number of nitrogens with zero attached hydrogens (tertiary/aromatic N) is 2. The van der Waals surface area contributed by atoms with Crippen LogP contribution in [0.4, 0.5) is 5.69 Å². The van der Waals surface area contributed by atoms with Gasteiger partial charge < -0.3 is 24.1 Å². The molecule has 0 radical (unpaired) electrons. The van der Waals surface area contributed by atoms with Crippen molar-refractivity contribution in [3.05, 3.63) is 77.6 Å². The summed E-state index contributed by atoms with van der Waals surface area (Å²) in [4.78, 5) is 31.8. The third kappa shape index (κ3) is 3.38. The summed E-state index contributed by atoms with van der Waals surface area (Å²) in [6.07, 6.45) is 2.99. The third-order valence-electron chi connectivity index (χ3n) is 5.76. The van der Waals surface area contributed by atoms with Crippen LogP contribution >= 0.6 is 0 Å². The van der Waals surface area contributed by atoms with Crippen molar-refractivity contribution in [3.63, 3.8) is 0 Å². The summed E-state index contributed by atoms with van der Waals surface area (Å²) in [6.45, 7) is 0.0682. The fraction of sp³-hybridized carbons (Fsp3) is 0.160. The summed E-state index contributed by atoms with van der Waals surface area (Å²) >= 11 is 0. The Morgan fingerprint density at radius 3 is 2.44 bits per heavy atom. The van der Waals surface area contributed by atoms with E-state index in [1.807, 2.05) is 0 Å². The molecule has 172 valence electrons. The topological polar surface area (TPSA) is 107 Å². The van der Waals surface area contributed by atoms with Gasteiger partial charge in [0.15, 0.2) is 23.0 Å². The first-order valence-corrected chi connectivity index (χ1v) is 10.4. The Bertz CT molecular complexity index is 1320. The molecule has 2 aliphatic rings. The number of aliphatic hydroxyl groups is 1. The van der Waals surface area contributed by atoms with Gasteiger partial charge in [0.25, 0.3) is 11.7 Å². The maximum absolute atomic E-state index is 13.3. The van der Waals surface area contributed by atoms with Crippen LogP contribution < -0.4 is 23.8 Å². The first-order chi connectivity index (χ1) is 16.5. The number of rotatable bonds is 5. The Labute approximate surface area is 194 Å². The Hall–Kier alpha value is -4.53. The van der Waals surface area contributed by atoms with E-state index in [1.54, 1.807) is 48.5 Å². The largest absolute Gasteiger partial charge is 0.507 e. The number of carbonyl (C=O) groups excluding carboxylic acids is 2. The van der Waals surface area contributed by atoms with Crippen LogP contribution in [0, 0.1) is 0 Å². The summed E-state index contributed by atoms with van der Waals surface area (Å²) in [5.74, 6) is 0.00443. The monoisotopic (exact) mass is 460 g/mol. The van der Waals surface area contributed by atoms with Gasteiger partial charge in [0.2, 0.25) is 6.79 Å². The van der Waals surface area contributed by atoms with E-state index in [0.29, 0.717) is 39.8 Å². The minimum Gasteiger partial charge on any atom is -0.507 e. The maximum atomic E-state index is 13.3. The molecule has 0 bridgehead atoms. The number of hydrogen-bond donors (Lipinski definition) is 1. The van der Waals surface area contributed by atoms with Crippen LogP contribution in [0.5, 0.6) is 23.0 Å². The van der Waals surface area contributed by atoms with Crippen LogP contribution in [0.2, 0.25) is 0 Å². The minimum atomic E-state index is -0.937. The van der Waals surface area contributed by atoms with Crippen LogP contribution in [0.25, 0.3) is 5.76 Å². The van der Waals surface area contributed by atoms with E-state index in [-0.39, 0.29) is 18.1 Å². The lowest BCUT2D eigenvalue weighted by Crippen LogP contribution is -2.29. The molecule has 9 nitrogen and oxygen atoms in total. The van der Waals surface area contributed by atoms with Gasteiger partial charge in [0.05, 0.1) is 25.8 Å². The molecule has 1 N–H and O–H groups in total. The number of anilines is 1. The Morgan fingerprint density at radius 1 is 0.971 bits per heavy atom. The lowest BCUT2D eigenvalue weighted by Gasteiger charge is -2.26. The van der Waals surface area contributed by atoms with Gasteiger partial charge >= 0.3 is 0 Å². The van der Waals surface area contributed by atoms with E-state index in [0.717, 1.165) is 0 Å². The Morgan fingerprint density at radius 2 is 1.71 bits per heavy atom. The molecule has 2 aromatic carbocycles. The molecule has 1 amide bonds. The molecule has 1 fully saturated rings. The van der Waals surface area contributed by atoms with Gasteiger partial charge in [0, 0.05) is 29.7 Å². The fourth-order valence-corrected chi connectivity index (χ4v) is 4.14. The van der Waals surface area contributed by atoms with E-state index < -0.39 is 17.7 Å². The summed E-state index contributed by atoms with van der Waals surface area (Å²) in [7, 11) is 3.01. The molecule has 1 aromatic heterocycles. The average Bonchev–Trinajstić information content (AvgIpc) is 3.45. The lowest BCUT2D eigenvalue weighted by molar-refractivity contribution is -0.132. The van der Waals surface area contributed by atoms with Crippen LogP contribution in [0.3, 0.4) is 0 Å². The van der Waals surface area contributed by atoms with Crippen molar-refractivity contribution in [2.45, 2.75) is 6.04 Å². The van der Waals surface area contributed by atoms with Gasteiger partial charge in [-0.3, -0.25) is 19.5 Å². The Balaban J connectivity index is 1.72. The van der Waals surface area contributed by atoms with E-state index in [1.165, 1.54) is 31.5 Å². The molecule has 0 spiro atoms. The van der Waals surface area contributed by atoms with Crippen LogP contribution in [-0.4, -0.2) is 42.8 Å². The minimum absolute atomic E-state index is 0.0545. The highest BCUT2D eigenvalue weighted by molar-refractivity contribution is 6.51. The van der Waals surface area contributed by atoms with Gasteiger partial charge in [-0.2, -0.15) is 0 Å². The number of aliphatic hydroxyl groups excluding tert-OH is 1. The van der Waals surface area contributed by atoms with Gasteiger partial charge in [0.1, 0.15) is 5.76 Å². The lowest BCUT2D eigenvalue weighted by atomic mass is 9.95. The predicted octanol–water partition coefficient (Wildman–Crippen LogP) is 3.45. The van der Waals surface area contributed by atoms with Crippen molar-refractivity contribution in [1.29, 1.82) is 0 Å². The summed E-state index contributed by atoms with van der Waals surface area (Å²) in [6, 6.07) is 12.2. The molecule has 3 heterocycles. The van der Waals surface area contributed by atoms with Crippen LogP contribution in [0.15, 0.2) is 66.5 Å². The van der Waals surface area contributed by atoms with E-state index in [9.17, 15) is 14.7 Å². The molecule has 1 atom stereocenters. The number of pyridine rings is 1. The number of fused-ring (bicyclic) bond motifs is 1. The predicted molar refractivity (Wildman–Crippen MR) is 121 cm³/mol. The van der Waals surface area contributed by atoms with E-state index in [2.05, 4.69) is 4.98 Å². The maximum Gasteiger partial charge on any atom is 0.300 e. The molecule has 1 saturated heterocycles. The smallest absolute Gasteiger partial charge is 0.300 e. The van der Waals surface area contributed by atoms with Crippen molar-refractivity contribution in [2.75, 3.05) is 25.9 Å². The third-order valence-corrected chi connectivity index (χ3v) is 5.76. The molecule has 9 heteroatoms. The first kappa shape index (κ1) is 21.3. The highest BCUT2D eigenvalue weighted by atomic mass is 16.7. The second-order valence-electron chi connectivity index (χ2n) is 7.56. The number of hydrogen-bond acceptors (Lipinski definition) is 8. The van der Waals surface area contributed by atoms with Crippen molar-refractivity contribution in [3.8, 4) is 23.0 Å². The van der Waals surface area contributed by atoms with Crippen molar-refractivity contribution in [2.24, 2.45) is 0 Å². The number of benzene rings is 2. The van der Waals surface area contributed by atoms with Crippen molar-refractivity contribution >= 4 is 23.1 Å². The number of methoxy groups -OCH3 is 2. The molecule has 3 aromatic rings. The normalized spacial score (nSPS) is 18.3. The number of ketones is 1. The summed E-state index contributed by atoms with van der Waals surface area (Å²) < 4.78 is 21.6. The second kappa shape index (κ2) is 8.43. The Kier molecular flexibility index (Phi) is 5.29. The number of aromatic nitrogens is 1. The highest BCUT2D eigenvalue weighted by Gasteiger charge is 2.47. The highest BCUT2D eigenvalue weighted by Crippen LogP contribution is 2.46. The van der Waals surface area contributed by atoms with Gasteiger partial charge in [-0.25, -0.2) is 0 Å².